The SMILES string of the molecule is Cl.O=C(O)[C@@]12CCC[C@H]1CN(CCOc1ccccc1[N+](=O)[O-])C2. The Hall–Kier alpha value is -1.86. The van der Waals surface area contributed by atoms with Crippen molar-refractivity contribution in [2.24, 2.45) is 11.3 Å². The van der Waals surface area contributed by atoms with Crippen molar-refractivity contribution in [2.45, 2.75) is 19.3 Å². The largest absolute Gasteiger partial charge is 0.485 e. The molecule has 132 valence electrons. The molecule has 8 heteroatoms. The molecular formula is C16H21ClN2O5. The van der Waals surface area contributed by atoms with Crippen LogP contribution in [0.5, 0.6) is 5.75 Å². The number of halogens is 1. The molecule has 3 rings (SSSR count). The average Bonchev–Trinajstić information content (AvgIpc) is 3.05. The number of carboxylic acid groups (broad SMARTS) is 1. The molecule has 2 atom stereocenters. The first kappa shape index (κ1) is 18.5. The van der Waals surface area contributed by atoms with Crippen LogP contribution in [0.25, 0.3) is 0 Å². The van der Waals surface area contributed by atoms with Crippen molar-refractivity contribution < 1.29 is 19.6 Å². The summed E-state index contributed by atoms with van der Waals surface area (Å²) in [6.07, 6.45) is 2.69. The van der Waals surface area contributed by atoms with Crippen molar-refractivity contribution in [1.82, 2.24) is 4.90 Å². The predicted molar refractivity (Wildman–Crippen MR) is 89.7 cm³/mol. The fourth-order valence-electron chi connectivity index (χ4n) is 3.93. The number of hydrogen-bond donors (Lipinski definition) is 1. The van der Waals surface area contributed by atoms with Gasteiger partial charge in [0.25, 0.3) is 0 Å². The molecule has 2 fully saturated rings. The van der Waals surface area contributed by atoms with Gasteiger partial charge < -0.3 is 9.84 Å². The molecule has 0 amide bonds. The monoisotopic (exact) mass is 356 g/mol. The number of benzene rings is 1. The number of para-hydroxylation sites is 2. The fourth-order valence-corrected chi connectivity index (χ4v) is 3.93. The number of aliphatic carboxylic acids is 1. The zero-order valence-corrected chi connectivity index (χ0v) is 14.0. The summed E-state index contributed by atoms with van der Waals surface area (Å²) in [5, 5.41) is 20.5. The van der Waals surface area contributed by atoms with Crippen LogP contribution in [0.4, 0.5) is 5.69 Å². The number of nitro groups is 1. The Morgan fingerprint density at radius 3 is 2.88 bits per heavy atom. The van der Waals surface area contributed by atoms with Gasteiger partial charge in [0.15, 0.2) is 5.75 Å². The van der Waals surface area contributed by atoms with Crippen molar-refractivity contribution in [3.05, 3.63) is 34.4 Å². The maximum Gasteiger partial charge on any atom is 0.311 e. The Kier molecular flexibility index (Phi) is 5.66. The molecule has 1 heterocycles. The summed E-state index contributed by atoms with van der Waals surface area (Å²) in [6, 6.07) is 6.29. The van der Waals surface area contributed by atoms with Crippen LogP contribution in [0.3, 0.4) is 0 Å². The van der Waals surface area contributed by atoms with E-state index in [1.165, 1.54) is 6.07 Å². The van der Waals surface area contributed by atoms with E-state index in [1.807, 2.05) is 0 Å². The van der Waals surface area contributed by atoms with E-state index in [-0.39, 0.29) is 29.8 Å². The lowest BCUT2D eigenvalue weighted by Gasteiger charge is -2.23. The number of ether oxygens (including phenoxy) is 1. The van der Waals surface area contributed by atoms with Gasteiger partial charge >= 0.3 is 11.7 Å². The highest BCUT2D eigenvalue weighted by atomic mass is 35.5. The number of rotatable bonds is 6. The molecule has 1 saturated carbocycles. The molecule has 0 unspecified atom stereocenters. The first-order chi connectivity index (χ1) is 11.0. The number of nitrogens with zero attached hydrogens (tertiary/aromatic N) is 2. The smallest absolute Gasteiger partial charge is 0.311 e. The van der Waals surface area contributed by atoms with Crippen LogP contribution in [-0.2, 0) is 4.79 Å². The lowest BCUT2D eigenvalue weighted by molar-refractivity contribution is -0.385. The maximum absolute atomic E-state index is 11.6. The highest BCUT2D eigenvalue weighted by Crippen LogP contribution is 2.48. The van der Waals surface area contributed by atoms with Crippen LogP contribution in [0.1, 0.15) is 19.3 Å². The van der Waals surface area contributed by atoms with E-state index in [0.717, 1.165) is 25.8 Å². The Balaban J connectivity index is 0.00000208. The first-order valence-electron chi connectivity index (χ1n) is 7.85. The second-order valence-electron chi connectivity index (χ2n) is 6.36. The molecule has 1 aliphatic heterocycles. The standard InChI is InChI=1S/C16H20N2O5.ClH/c19-15(20)16-7-3-4-12(16)10-17(11-16)8-9-23-14-6-2-1-5-13(14)18(21)22;/h1-2,5-6,12H,3-4,7-11H2,(H,19,20);1H/t12-,16+;/m0./s1. The van der Waals surface area contributed by atoms with Crippen molar-refractivity contribution >= 4 is 24.1 Å². The van der Waals surface area contributed by atoms with Crippen molar-refractivity contribution in [2.75, 3.05) is 26.2 Å². The third-order valence-corrected chi connectivity index (χ3v) is 5.09. The Labute approximate surface area is 146 Å². The predicted octanol–water partition coefficient (Wildman–Crippen LogP) is 2.58. The van der Waals surface area contributed by atoms with Crippen LogP contribution in [0.15, 0.2) is 24.3 Å². The van der Waals surface area contributed by atoms with E-state index in [0.29, 0.717) is 19.7 Å². The Bertz CT molecular complexity index is 626. The molecule has 1 saturated heterocycles. The minimum atomic E-state index is -0.692. The highest BCUT2D eigenvalue weighted by Gasteiger charge is 2.54. The van der Waals surface area contributed by atoms with E-state index < -0.39 is 16.3 Å². The van der Waals surface area contributed by atoms with Crippen molar-refractivity contribution in [3.63, 3.8) is 0 Å². The molecule has 2 aliphatic rings. The quantitative estimate of drug-likeness (QED) is 0.622. The van der Waals surface area contributed by atoms with Gasteiger partial charge in [-0.1, -0.05) is 18.6 Å². The molecule has 1 N–H and O–H groups in total. The van der Waals surface area contributed by atoms with Gasteiger partial charge in [-0.15, -0.1) is 12.4 Å². The summed E-state index contributed by atoms with van der Waals surface area (Å²) in [5.74, 6) is -0.224. The Morgan fingerprint density at radius 2 is 2.21 bits per heavy atom. The second-order valence-corrected chi connectivity index (χ2v) is 6.36. The van der Waals surface area contributed by atoms with E-state index >= 15 is 0 Å². The van der Waals surface area contributed by atoms with E-state index in [1.54, 1.807) is 18.2 Å². The number of hydrogen-bond acceptors (Lipinski definition) is 5. The summed E-state index contributed by atoms with van der Waals surface area (Å²) in [5.41, 5.74) is -0.647. The number of carbonyl (C=O) groups is 1. The zero-order valence-electron chi connectivity index (χ0n) is 13.2. The third-order valence-electron chi connectivity index (χ3n) is 5.09. The van der Waals surface area contributed by atoms with Gasteiger partial charge in [-0.3, -0.25) is 19.8 Å². The van der Waals surface area contributed by atoms with Crippen LogP contribution in [0, 0.1) is 21.4 Å². The van der Waals surface area contributed by atoms with Gasteiger partial charge in [-0.25, -0.2) is 0 Å². The molecule has 0 aromatic heterocycles. The number of likely N-dealkylation sites (tertiary alicyclic amines) is 1. The normalized spacial score (nSPS) is 25.8. The van der Waals surface area contributed by atoms with Gasteiger partial charge in [-0.05, 0) is 24.8 Å². The van der Waals surface area contributed by atoms with E-state index in [4.69, 9.17) is 4.74 Å². The van der Waals surface area contributed by atoms with E-state index in [2.05, 4.69) is 4.90 Å². The molecule has 1 aromatic rings. The molecular weight excluding hydrogens is 336 g/mol. The van der Waals surface area contributed by atoms with Crippen molar-refractivity contribution in [3.8, 4) is 5.75 Å². The summed E-state index contributed by atoms with van der Waals surface area (Å²) in [7, 11) is 0. The average molecular weight is 357 g/mol. The molecule has 0 spiro atoms. The molecule has 7 nitrogen and oxygen atoms in total. The van der Waals surface area contributed by atoms with Gasteiger partial charge in [0.2, 0.25) is 0 Å². The molecule has 24 heavy (non-hydrogen) atoms. The van der Waals surface area contributed by atoms with Crippen LogP contribution in [-0.4, -0.2) is 47.1 Å². The molecule has 1 aromatic carbocycles. The topological polar surface area (TPSA) is 92.9 Å². The number of fused-ring (bicyclic) bond motifs is 1. The highest BCUT2D eigenvalue weighted by molar-refractivity contribution is 5.85. The minimum absolute atomic E-state index is 0. The number of nitro benzene ring substituents is 1. The van der Waals surface area contributed by atoms with Gasteiger partial charge in [-0.2, -0.15) is 0 Å². The lowest BCUT2D eigenvalue weighted by atomic mass is 9.81. The lowest BCUT2D eigenvalue weighted by Crippen LogP contribution is -2.36. The second kappa shape index (κ2) is 7.36. The first-order valence-corrected chi connectivity index (χ1v) is 7.85. The summed E-state index contributed by atoms with van der Waals surface area (Å²) in [4.78, 5) is 24.2. The van der Waals surface area contributed by atoms with Crippen molar-refractivity contribution in [1.29, 1.82) is 0 Å². The van der Waals surface area contributed by atoms with E-state index in [9.17, 15) is 20.0 Å². The van der Waals surface area contributed by atoms with Gasteiger partial charge in [0.1, 0.15) is 6.61 Å². The summed E-state index contributed by atoms with van der Waals surface area (Å²) in [6.45, 7) is 2.21. The molecule has 0 radical (unpaired) electrons. The summed E-state index contributed by atoms with van der Waals surface area (Å²) >= 11 is 0. The maximum atomic E-state index is 11.6. The Morgan fingerprint density at radius 1 is 1.46 bits per heavy atom. The zero-order chi connectivity index (χ0) is 16.4. The third kappa shape index (κ3) is 3.32. The number of carboxylic acids is 1. The van der Waals surface area contributed by atoms with Crippen LogP contribution < -0.4 is 4.74 Å². The summed E-state index contributed by atoms with van der Waals surface area (Å²) < 4.78 is 5.55. The van der Waals surface area contributed by atoms with Crippen LogP contribution >= 0.6 is 12.4 Å². The van der Waals surface area contributed by atoms with Gasteiger partial charge in [0, 0.05) is 25.7 Å². The minimum Gasteiger partial charge on any atom is -0.485 e. The van der Waals surface area contributed by atoms with Gasteiger partial charge in [0.05, 0.1) is 10.3 Å². The van der Waals surface area contributed by atoms with Crippen LogP contribution in [0.2, 0.25) is 0 Å². The molecule has 0 bridgehead atoms. The molecule has 1 aliphatic carbocycles. The fraction of sp³-hybridized carbons (Fsp3) is 0.562.